The lowest BCUT2D eigenvalue weighted by atomic mass is 10.1. The maximum Gasteiger partial charge on any atom is 0.0543 e. The molecule has 1 fully saturated rings. The molecule has 2 atom stereocenters. The van der Waals surface area contributed by atoms with Crippen molar-refractivity contribution in [1.29, 1.82) is 0 Å². The first kappa shape index (κ1) is 9.71. The van der Waals surface area contributed by atoms with Gasteiger partial charge >= 0.3 is 0 Å². The van der Waals surface area contributed by atoms with Crippen LogP contribution in [0.1, 0.15) is 38.7 Å². The van der Waals surface area contributed by atoms with Crippen molar-refractivity contribution in [3.63, 3.8) is 0 Å². The van der Waals surface area contributed by atoms with Gasteiger partial charge in [-0.15, -0.1) is 0 Å². The minimum Gasteiger partial charge on any atom is -0.330 e. The Bertz CT molecular complexity index is 322. The molecule has 2 rings (SSSR count). The molecule has 1 aliphatic rings. The molecule has 0 aliphatic heterocycles. The highest BCUT2D eigenvalue weighted by Gasteiger charge is 2.38. The number of aromatic nitrogens is 2. The van der Waals surface area contributed by atoms with Crippen molar-refractivity contribution >= 4 is 0 Å². The van der Waals surface area contributed by atoms with E-state index in [2.05, 4.69) is 32.1 Å². The van der Waals surface area contributed by atoms with E-state index in [4.69, 9.17) is 5.73 Å². The second-order valence-electron chi connectivity index (χ2n) is 5.23. The van der Waals surface area contributed by atoms with Gasteiger partial charge in [0.2, 0.25) is 0 Å². The second kappa shape index (κ2) is 3.09. The van der Waals surface area contributed by atoms with Gasteiger partial charge in [0.1, 0.15) is 0 Å². The van der Waals surface area contributed by atoms with Crippen LogP contribution in [-0.2, 0) is 5.54 Å². The van der Waals surface area contributed by atoms with Crippen LogP contribution in [0.4, 0.5) is 0 Å². The predicted octanol–water partition coefficient (Wildman–Crippen LogP) is 1.70. The van der Waals surface area contributed by atoms with Crippen LogP contribution in [0.5, 0.6) is 0 Å². The summed E-state index contributed by atoms with van der Waals surface area (Å²) in [5.41, 5.74) is 7.07. The minimum absolute atomic E-state index is 0.0886. The van der Waals surface area contributed by atoms with Crippen LogP contribution in [0.3, 0.4) is 0 Å². The van der Waals surface area contributed by atoms with Gasteiger partial charge in [-0.1, -0.05) is 0 Å². The van der Waals surface area contributed by atoms with E-state index in [0.717, 1.165) is 6.54 Å². The molecule has 0 saturated heterocycles. The lowest BCUT2D eigenvalue weighted by Crippen LogP contribution is -2.21. The fourth-order valence-corrected chi connectivity index (χ4v) is 1.81. The van der Waals surface area contributed by atoms with Gasteiger partial charge in [-0.25, -0.2) is 0 Å². The molecule has 0 bridgehead atoms. The summed E-state index contributed by atoms with van der Waals surface area (Å²) in [5, 5.41) is 4.39. The van der Waals surface area contributed by atoms with E-state index in [0.29, 0.717) is 11.8 Å². The fourth-order valence-electron chi connectivity index (χ4n) is 1.81. The quantitative estimate of drug-likeness (QED) is 0.777. The summed E-state index contributed by atoms with van der Waals surface area (Å²) in [5.74, 6) is 1.38. The zero-order valence-electron chi connectivity index (χ0n) is 9.20. The van der Waals surface area contributed by atoms with E-state index in [1.165, 1.54) is 12.0 Å². The van der Waals surface area contributed by atoms with Crippen molar-refractivity contribution in [1.82, 2.24) is 9.78 Å². The van der Waals surface area contributed by atoms with Gasteiger partial charge in [0.25, 0.3) is 0 Å². The Morgan fingerprint density at radius 2 is 2.29 bits per heavy atom. The summed E-state index contributed by atoms with van der Waals surface area (Å²) < 4.78 is 2.04. The normalized spacial score (nSPS) is 26.6. The van der Waals surface area contributed by atoms with E-state index < -0.39 is 0 Å². The molecule has 0 spiro atoms. The van der Waals surface area contributed by atoms with Crippen LogP contribution < -0.4 is 5.73 Å². The van der Waals surface area contributed by atoms with Gasteiger partial charge in [0, 0.05) is 6.20 Å². The lowest BCUT2D eigenvalue weighted by molar-refractivity contribution is 0.355. The van der Waals surface area contributed by atoms with E-state index >= 15 is 0 Å². The number of hydrogen-bond acceptors (Lipinski definition) is 2. The molecule has 2 unspecified atom stereocenters. The Morgan fingerprint density at radius 3 is 2.71 bits per heavy atom. The Morgan fingerprint density at radius 1 is 1.57 bits per heavy atom. The average Bonchev–Trinajstić information content (AvgIpc) is 2.71. The van der Waals surface area contributed by atoms with Crippen LogP contribution in [0, 0.1) is 5.92 Å². The van der Waals surface area contributed by atoms with Crippen molar-refractivity contribution in [3.05, 3.63) is 18.0 Å². The molecule has 3 nitrogen and oxygen atoms in total. The van der Waals surface area contributed by atoms with E-state index in [1.807, 2.05) is 10.9 Å². The van der Waals surface area contributed by atoms with Crippen molar-refractivity contribution in [2.45, 2.75) is 38.6 Å². The van der Waals surface area contributed by atoms with Crippen molar-refractivity contribution in [2.24, 2.45) is 11.7 Å². The molecule has 14 heavy (non-hydrogen) atoms. The lowest BCUT2D eigenvalue weighted by Gasteiger charge is -2.18. The Hall–Kier alpha value is -0.830. The fraction of sp³-hybridized carbons (Fsp3) is 0.727. The molecule has 1 aliphatic carbocycles. The zero-order chi connectivity index (χ0) is 10.3. The maximum absolute atomic E-state index is 5.63. The molecular weight excluding hydrogens is 174 g/mol. The number of rotatable bonds is 2. The first-order valence-electron chi connectivity index (χ1n) is 5.27. The third kappa shape index (κ3) is 1.69. The molecule has 1 heterocycles. The molecule has 0 amide bonds. The Balaban J connectivity index is 2.12. The summed E-state index contributed by atoms with van der Waals surface area (Å²) in [7, 11) is 0. The van der Waals surface area contributed by atoms with E-state index in [9.17, 15) is 0 Å². The maximum atomic E-state index is 5.63. The zero-order valence-corrected chi connectivity index (χ0v) is 9.20. The van der Waals surface area contributed by atoms with Gasteiger partial charge < -0.3 is 5.73 Å². The number of hydrogen-bond donors (Lipinski definition) is 1. The molecule has 1 aromatic rings. The van der Waals surface area contributed by atoms with Gasteiger partial charge in [-0.05, 0) is 51.1 Å². The third-order valence-electron chi connectivity index (χ3n) is 2.94. The van der Waals surface area contributed by atoms with Crippen LogP contribution in [0.25, 0.3) is 0 Å². The topological polar surface area (TPSA) is 43.8 Å². The Labute approximate surface area is 85.3 Å². The molecular formula is C11H19N3. The highest BCUT2D eigenvalue weighted by molar-refractivity contribution is 5.20. The van der Waals surface area contributed by atoms with Crippen molar-refractivity contribution in [3.8, 4) is 0 Å². The third-order valence-corrected chi connectivity index (χ3v) is 2.94. The SMILES string of the molecule is CC(C)(C)n1cc(C2CC2CN)cn1. The molecule has 0 radical (unpaired) electrons. The summed E-state index contributed by atoms with van der Waals surface area (Å²) in [6.45, 7) is 7.30. The van der Waals surface area contributed by atoms with Crippen LogP contribution in [0.15, 0.2) is 12.4 Å². The second-order valence-corrected chi connectivity index (χ2v) is 5.23. The molecule has 0 aromatic carbocycles. The molecule has 1 saturated carbocycles. The number of nitrogens with zero attached hydrogens (tertiary/aromatic N) is 2. The van der Waals surface area contributed by atoms with Crippen LogP contribution >= 0.6 is 0 Å². The van der Waals surface area contributed by atoms with Crippen LogP contribution in [0.2, 0.25) is 0 Å². The minimum atomic E-state index is 0.0886. The molecule has 78 valence electrons. The van der Waals surface area contributed by atoms with E-state index in [-0.39, 0.29) is 5.54 Å². The smallest absolute Gasteiger partial charge is 0.0543 e. The summed E-state index contributed by atoms with van der Waals surface area (Å²) in [4.78, 5) is 0. The molecule has 2 N–H and O–H groups in total. The Kier molecular flexibility index (Phi) is 2.14. The summed E-state index contributed by atoms with van der Waals surface area (Å²) in [6, 6.07) is 0. The summed E-state index contributed by atoms with van der Waals surface area (Å²) in [6.07, 6.45) is 5.40. The first-order chi connectivity index (χ1) is 6.52. The van der Waals surface area contributed by atoms with Gasteiger partial charge in [-0.2, -0.15) is 5.10 Å². The van der Waals surface area contributed by atoms with Crippen molar-refractivity contribution < 1.29 is 0 Å². The first-order valence-corrected chi connectivity index (χ1v) is 5.27. The van der Waals surface area contributed by atoms with Gasteiger partial charge in [0.05, 0.1) is 11.7 Å². The van der Waals surface area contributed by atoms with Crippen LogP contribution in [-0.4, -0.2) is 16.3 Å². The number of nitrogens with two attached hydrogens (primary N) is 1. The van der Waals surface area contributed by atoms with Crippen molar-refractivity contribution in [2.75, 3.05) is 6.54 Å². The highest BCUT2D eigenvalue weighted by atomic mass is 15.3. The average molecular weight is 193 g/mol. The highest BCUT2D eigenvalue weighted by Crippen LogP contribution is 2.46. The standard InChI is InChI=1S/C11H19N3/c1-11(2,3)14-7-9(6-13-14)10-4-8(10)5-12/h6-8,10H,4-5,12H2,1-3H3. The monoisotopic (exact) mass is 193 g/mol. The van der Waals surface area contributed by atoms with Gasteiger partial charge in [-0.3, -0.25) is 4.68 Å². The largest absolute Gasteiger partial charge is 0.330 e. The van der Waals surface area contributed by atoms with Gasteiger partial charge in [0.15, 0.2) is 0 Å². The van der Waals surface area contributed by atoms with E-state index in [1.54, 1.807) is 0 Å². The molecule has 1 aromatic heterocycles. The predicted molar refractivity (Wildman–Crippen MR) is 57.1 cm³/mol. The molecule has 3 heteroatoms. The summed E-state index contributed by atoms with van der Waals surface area (Å²) >= 11 is 0.